The molecule has 3 aromatic carbocycles. The molecule has 0 aliphatic heterocycles. The zero-order chi connectivity index (χ0) is 21.7. The van der Waals surface area contributed by atoms with E-state index in [9.17, 15) is 8.42 Å². The monoisotopic (exact) mass is 425 g/mol. The topological polar surface area (TPSA) is 55.8 Å². The van der Waals surface area contributed by atoms with Gasteiger partial charge in [0, 0.05) is 13.6 Å². The van der Waals surface area contributed by atoms with Gasteiger partial charge in [-0.15, -0.1) is 0 Å². The second kappa shape index (κ2) is 9.32. The maximum absolute atomic E-state index is 13.1. The van der Waals surface area contributed by atoms with Crippen LogP contribution in [0, 0.1) is 0 Å². The first-order chi connectivity index (χ1) is 14.3. The highest BCUT2D eigenvalue weighted by Gasteiger charge is 2.23. The Balaban J connectivity index is 1.80. The van der Waals surface area contributed by atoms with Crippen LogP contribution in [-0.2, 0) is 16.6 Å². The van der Waals surface area contributed by atoms with E-state index in [0.29, 0.717) is 11.5 Å². The van der Waals surface area contributed by atoms with Crippen LogP contribution < -0.4 is 9.47 Å². The minimum Gasteiger partial charge on any atom is -0.496 e. The van der Waals surface area contributed by atoms with Gasteiger partial charge >= 0.3 is 0 Å². The van der Waals surface area contributed by atoms with Gasteiger partial charge in [-0.2, -0.15) is 4.31 Å². The standard InChI is InChI=1S/C24H27NO4S/c1-18(2)23-16-22(13-14-24(23)28-4)30(26,27)25(3)17-19-9-8-12-21(15-19)29-20-10-6-5-7-11-20/h5-16,18H,17H2,1-4H3. The van der Waals surface area contributed by atoms with Crippen LogP contribution in [0.2, 0.25) is 0 Å². The molecule has 0 aromatic heterocycles. The molecule has 0 saturated carbocycles. The lowest BCUT2D eigenvalue weighted by Gasteiger charge is -2.20. The molecule has 0 N–H and O–H groups in total. The molecule has 0 atom stereocenters. The normalized spacial score (nSPS) is 11.7. The molecule has 0 radical (unpaired) electrons. The molecule has 3 aromatic rings. The van der Waals surface area contributed by atoms with E-state index >= 15 is 0 Å². The molecule has 0 bridgehead atoms. The Labute approximate surface area is 178 Å². The molecule has 158 valence electrons. The summed E-state index contributed by atoms with van der Waals surface area (Å²) in [5.74, 6) is 2.23. The Bertz CT molecular complexity index is 1100. The summed E-state index contributed by atoms with van der Waals surface area (Å²) in [6.07, 6.45) is 0. The lowest BCUT2D eigenvalue weighted by Crippen LogP contribution is -2.26. The molecule has 0 fully saturated rings. The minimum atomic E-state index is -3.65. The molecule has 0 unspecified atom stereocenters. The Hall–Kier alpha value is -2.83. The minimum absolute atomic E-state index is 0.146. The van der Waals surface area contributed by atoms with Gasteiger partial charge in [0.05, 0.1) is 12.0 Å². The molecule has 5 nitrogen and oxygen atoms in total. The summed E-state index contributed by atoms with van der Waals surface area (Å²) in [6, 6.07) is 21.9. The van der Waals surface area contributed by atoms with Crippen LogP contribution in [0.1, 0.15) is 30.9 Å². The van der Waals surface area contributed by atoms with Gasteiger partial charge in [-0.1, -0.05) is 44.2 Å². The number of ether oxygens (including phenoxy) is 2. The van der Waals surface area contributed by atoms with Gasteiger partial charge in [0.2, 0.25) is 10.0 Å². The average Bonchev–Trinajstić information content (AvgIpc) is 2.74. The predicted octanol–water partition coefficient (Wildman–Crippen LogP) is 5.43. The summed E-state index contributed by atoms with van der Waals surface area (Å²) in [7, 11) is -0.481. The van der Waals surface area contributed by atoms with Crippen molar-refractivity contribution in [2.24, 2.45) is 0 Å². The Kier molecular flexibility index (Phi) is 6.80. The number of methoxy groups -OCH3 is 1. The molecule has 0 spiro atoms. The largest absolute Gasteiger partial charge is 0.496 e. The van der Waals surface area contributed by atoms with E-state index in [1.165, 1.54) is 4.31 Å². The predicted molar refractivity (Wildman–Crippen MR) is 119 cm³/mol. The van der Waals surface area contributed by atoms with Gasteiger partial charge in [-0.25, -0.2) is 8.42 Å². The van der Waals surface area contributed by atoms with Crippen molar-refractivity contribution in [2.45, 2.75) is 31.2 Å². The smallest absolute Gasteiger partial charge is 0.243 e. The number of benzene rings is 3. The van der Waals surface area contributed by atoms with Crippen LogP contribution in [-0.4, -0.2) is 26.9 Å². The number of hydrogen-bond acceptors (Lipinski definition) is 4. The molecule has 0 heterocycles. The molecular formula is C24H27NO4S. The van der Waals surface area contributed by atoms with Crippen LogP contribution in [0.5, 0.6) is 17.2 Å². The summed E-state index contributed by atoms with van der Waals surface area (Å²) in [5, 5.41) is 0. The third-order valence-electron chi connectivity index (χ3n) is 4.81. The average molecular weight is 426 g/mol. The second-order valence-electron chi connectivity index (χ2n) is 7.38. The number of nitrogens with zero attached hydrogens (tertiary/aromatic N) is 1. The molecule has 3 rings (SSSR count). The number of rotatable bonds is 8. The van der Waals surface area contributed by atoms with Gasteiger partial charge in [0.15, 0.2) is 0 Å². The summed E-state index contributed by atoms with van der Waals surface area (Å²) in [4.78, 5) is 0.256. The fraction of sp³-hybridized carbons (Fsp3) is 0.250. The fourth-order valence-electron chi connectivity index (χ4n) is 3.18. The molecule has 6 heteroatoms. The van der Waals surface area contributed by atoms with Crippen LogP contribution in [0.3, 0.4) is 0 Å². The Morgan fingerprint density at radius 2 is 1.60 bits per heavy atom. The number of para-hydroxylation sites is 1. The van der Waals surface area contributed by atoms with Gasteiger partial charge in [0.1, 0.15) is 17.2 Å². The fourth-order valence-corrected chi connectivity index (χ4v) is 4.37. The molecule has 0 amide bonds. The van der Waals surface area contributed by atoms with E-state index in [1.807, 2.05) is 68.4 Å². The van der Waals surface area contributed by atoms with Crippen molar-refractivity contribution in [3.8, 4) is 17.2 Å². The van der Waals surface area contributed by atoms with Crippen molar-refractivity contribution >= 4 is 10.0 Å². The van der Waals surface area contributed by atoms with Gasteiger partial charge < -0.3 is 9.47 Å². The highest BCUT2D eigenvalue weighted by Crippen LogP contribution is 2.30. The van der Waals surface area contributed by atoms with Crippen LogP contribution in [0.4, 0.5) is 0 Å². The quantitative estimate of drug-likeness (QED) is 0.483. The zero-order valence-corrected chi connectivity index (χ0v) is 18.5. The Morgan fingerprint density at radius 3 is 2.27 bits per heavy atom. The lowest BCUT2D eigenvalue weighted by molar-refractivity contribution is 0.406. The van der Waals surface area contributed by atoms with Gasteiger partial charge in [-0.05, 0) is 59.5 Å². The van der Waals surface area contributed by atoms with Crippen LogP contribution in [0.25, 0.3) is 0 Å². The van der Waals surface area contributed by atoms with Crippen molar-refractivity contribution in [3.05, 3.63) is 83.9 Å². The molecular weight excluding hydrogens is 398 g/mol. The van der Waals surface area contributed by atoms with Crippen LogP contribution >= 0.6 is 0 Å². The molecule has 0 saturated heterocycles. The van der Waals surface area contributed by atoms with Crippen LogP contribution in [0.15, 0.2) is 77.7 Å². The van der Waals surface area contributed by atoms with E-state index in [4.69, 9.17) is 9.47 Å². The number of hydrogen-bond donors (Lipinski definition) is 0. The van der Waals surface area contributed by atoms with Crippen molar-refractivity contribution in [1.29, 1.82) is 0 Å². The molecule has 0 aliphatic rings. The van der Waals surface area contributed by atoms with Crippen molar-refractivity contribution in [2.75, 3.05) is 14.2 Å². The first-order valence-electron chi connectivity index (χ1n) is 9.77. The van der Waals surface area contributed by atoms with Crippen molar-refractivity contribution in [1.82, 2.24) is 4.31 Å². The van der Waals surface area contributed by atoms with E-state index in [-0.39, 0.29) is 17.4 Å². The van der Waals surface area contributed by atoms with Gasteiger partial charge in [0.25, 0.3) is 0 Å². The van der Waals surface area contributed by atoms with E-state index in [0.717, 1.165) is 16.9 Å². The molecule has 30 heavy (non-hydrogen) atoms. The maximum atomic E-state index is 13.1. The third kappa shape index (κ3) is 5.01. The van der Waals surface area contributed by atoms with Gasteiger partial charge in [-0.3, -0.25) is 0 Å². The summed E-state index contributed by atoms with van der Waals surface area (Å²) in [6.45, 7) is 4.25. The maximum Gasteiger partial charge on any atom is 0.243 e. The third-order valence-corrected chi connectivity index (χ3v) is 6.61. The zero-order valence-electron chi connectivity index (χ0n) is 17.7. The number of sulfonamides is 1. The first kappa shape index (κ1) is 21.9. The van der Waals surface area contributed by atoms with Crippen molar-refractivity contribution < 1.29 is 17.9 Å². The Morgan fingerprint density at radius 1 is 0.900 bits per heavy atom. The van der Waals surface area contributed by atoms with E-state index in [2.05, 4.69) is 0 Å². The molecule has 0 aliphatic carbocycles. The highest BCUT2D eigenvalue weighted by atomic mass is 32.2. The summed E-state index contributed by atoms with van der Waals surface area (Å²) in [5.41, 5.74) is 1.71. The second-order valence-corrected chi connectivity index (χ2v) is 9.43. The highest BCUT2D eigenvalue weighted by molar-refractivity contribution is 7.89. The summed E-state index contributed by atoms with van der Waals surface area (Å²) < 4.78 is 38.9. The van der Waals surface area contributed by atoms with E-state index < -0.39 is 10.0 Å². The summed E-state index contributed by atoms with van der Waals surface area (Å²) >= 11 is 0. The van der Waals surface area contributed by atoms with Crippen molar-refractivity contribution in [3.63, 3.8) is 0 Å². The lowest BCUT2D eigenvalue weighted by atomic mass is 10.0. The SMILES string of the molecule is COc1ccc(S(=O)(=O)N(C)Cc2cccc(Oc3ccccc3)c2)cc1C(C)C. The first-order valence-corrected chi connectivity index (χ1v) is 11.2. The van der Waals surface area contributed by atoms with E-state index in [1.54, 1.807) is 32.4 Å².